The molecule has 6 heteroatoms. The predicted molar refractivity (Wildman–Crippen MR) is 101 cm³/mol. The van der Waals surface area contributed by atoms with Crippen molar-refractivity contribution >= 4 is 5.91 Å². The second-order valence-corrected chi connectivity index (χ2v) is 6.56. The maximum Gasteiger partial charge on any atom is 0.251 e. The minimum Gasteiger partial charge on any atom is -0.348 e. The van der Waals surface area contributed by atoms with E-state index in [0.717, 1.165) is 34.8 Å². The first-order chi connectivity index (χ1) is 12.5. The minimum atomic E-state index is -0.0775. The van der Waals surface area contributed by atoms with Crippen molar-refractivity contribution in [1.29, 1.82) is 0 Å². The van der Waals surface area contributed by atoms with E-state index in [1.807, 2.05) is 67.5 Å². The van der Waals surface area contributed by atoms with Crippen LogP contribution in [-0.4, -0.2) is 25.5 Å². The maximum atomic E-state index is 12.4. The zero-order chi connectivity index (χ0) is 18.7. The maximum absolute atomic E-state index is 12.4. The van der Waals surface area contributed by atoms with E-state index in [2.05, 4.69) is 21.6 Å². The molecule has 0 saturated carbocycles. The molecule has 0 aliphatic rings. The van der Waals surface area contributed by atoms with Gasteiger partial charge >= 0.3 is 0 Å². The van der Waals surface area contributed by atoms with Crippen molar-refractivity contribution in [1.82, 2.24) is 24.9 Å². The van der Waals surface area contributed by atoms with Gasteiger partial charge in [-0.25, -0.2) is 0 Å². The molecule has 0 aliphatic carbocycles. The Balaban J connectivity index is 1.61. The summed E-state index contributed by atoms with van der Waals surface area (Å²) in [7, 11) is 0. The number of hydrogen-bond acceptors (Lipinski definition) is 3. The Labute approximate surface area is 153 Å². The quantitative estimate of drug-likeness (QED) is 0.742. The van der Waals surface area contributed by atoms with Crippen LogP contribution in [0.2, 0.25) is 0 Å². The number of amides is 1. The molecule has 3 rings (SSSR count). The van der Waals surface area contributed by atoms with Crippen LogP contribution in [0.5, 0.6) is 0 Å². The normalized spacial score (nSPS) is 10.9. The minimum absolute atomic E-state index is 0.0775. The molecule has 0 saturated heterocycles. The van der Waals surface area contributed by atoms with Crippen LogP contribution in [0.1, 0.15) is 45.5 Å². The van der Waals surface area contributed by atoms with Crippen molar-refractivity contribution in [3.8, 4) is 0 Å². The number of nitrogens with zero attached hydrogens (tertiary/aromatic N) is 4. The molecule has 0 bridgehead atoms. The molecule has 26 heavy (non-hydrogen) atoms. The lowest BCUT2D eigenvalue weighted by Crippen LogP contribution is -2.23. The Morgan fingerprint density at radius 1 is 1.12 bits per heavy atom. The van der Waals surface area contributed by atoms with E-state index in [4.69, 9.17) is 0 Å². The van der Waals surface area contributed by atoms with E-state index >= 15 is 0 Å². The summed E-state index contributed by atoms with van der Waals surface area (Å²) in [6.45, 7) is 10.1. The van der Waals surface area contributed by atoms with E-state index in [9.17, 15) is 4.79 Å². The number of rotatable bonds is 6. The average molecular weight is 351 g/mol. The fourth-order valence-corrected chi connectivity index (χ4v) is 2.94. The lowest BCUT2D eigenvalue weighted by atomic mass is 10.1. The Kier molecular flexibility index (Phi) is 5.21. The molecule has 0 fully saturated rings. The van der Waals surface area contributed by atoms with Crippen molar-refractivity contribution in [3.05, 3.63) is 70.3 Å². The molecular weight excluding hydrogens is 326 g/mol. The Bertz CT molecular complexity index is 905. The molecule has 0 unspecified atom stereocenters. The molecule has 0 spiro atoms. The van der Waals surface area contributed by atoms with Gasteiger partial charge in [0.05, 0.1) is 17.9 Å². The Morgan fingerprint density at radius 3 is 2.42 bits per heavy atom. The smallest absolute Gasteiger partial charge is 0.251 e. The van der Waals surface area contributed by atoms with Crippen LogP contribution >= 0.6 is 0 Å². The predicted octanol–water partition coefficient (Wildman–Crippen LogP) is 3.00. The van der Waals surface area contributed by atoms with Crippen molar-refractivity contribution in [2.45, 2.75) is 47.3 Å². The highest BCUT2D eigenvalue weighted by Gasteiger charge is 2.09. The summed E-state index contributed by atoms with van der Waals surface area (Å²) in [4.78, 5) is 12.4. The topological polar surface area (TPSA) is 64.7 Å². The van der Waals surface area contributed by atoms with Crippen LogP contribution in [0.3, 0.4) is 0 Å². The standard InChI is InChI=1S/C20H25N5O/c1-5-24-13-19(16(4)23-24)11-21-20(26)18-8-6-17(7-9-18)12-25-15(3)10-14(2)22-25/h6-10,13H,5,11-12H2,1-4H3,(H,21,26). The summed E-state index contributed by atoms with van der Waals surface area (Å²) in [6.07, 6.45) is 1.98. The second-order valence-electron chi connectivity index (χ2n) is 6.56. The summed E-state index contributed by atoms with van der Waals surface area (Å²) < 4.78 is 3.85. The number of aromatic nitrogens is 4. The van der Waals surface area contributed by atoms with Crippen molar-refractivity contribution in [3.63, 3.8) is 0 Å². The lowest BCUT2D eigenvalue weighted by Gasteiger charge is -2.07. The highest BCUT2D eigenvalue weighted by molar-refractivity contribution is 5.94. The van der Waals surface area contributed by atoms with Gasteiger partial charge in [0.1, 0.15) is 0 Å². The molecule has 1 amide bonds. The zero-order valence-electron chi connectivity index (χ0n) is 15.8. The van der Waals surface area contributed by atoms with Crippen LogP contribution < -0.4 is 5.32 Å². The molecule has 2 aromatic heterocycles. The van der Waals surface area contributed by atoms with E-state index in [-0.39, 0.29) is 5.91 Å². The first kappa shape index (κ1) is 17.9. The molecule has 0 aliphatic heterocycles. The summed E-state index contributed by atoms with van der Waals surface area (Å²) in [5.41, 5.74) is 5.91. The SMILES string of the molecule is CCn1cc(CNC(=O)c2ccc(Cn3nc(C)cc3C)cc2)c(C)n1. The van der Waals surface area contributed by atoms with E-state index in [0.29, 0.717) is 18.7 Å². The van der Waals surface area contributed by atoms with Crippen LogP contribution in [0.4, 0.5) is 0 Å². The van der Waals surface area contributed by atoms with Gasteiger partial charge in [0.2, 0.25) is 0 Å². The zero-order valence-corrected chi connectivity index (χ0v) is 15.8. The fourth-order valence-electron chi connectivity index (χ4n) is 2.94. The molecule has 0 radical (unpaired) electrons. The second kappa shape index (κ2) is 7.56. The van der Waals surface area contributed by atoms with Crippen LogP contribution in [-0.2, 0) is 19.6 Å². The van der Waals surface area contributed by atoms with Crippen molar-refractivity contribution in [2.24, 2.45) is 0 Å². The van der Waals surface area contributed by atoms with Crippen molar-refractivity contribution in [2.75, 3.05) is 0 Å². The molecule has 6 nitrogen and oxygen atoms in total. The first-order valence-corrected chi connectivity index (χ1v) is 8.87. The number of carbonyl (C=O) groups is 1. The number of nitrogens with one attached hydrogen (secondary N) is 1. The third-order valence-electron chi connectivity index (χ3n) is 4.46. The largest absolute Gasteiger partial charge is 0.348 e. The Morgan fingerprint density at radius 2 is 1.85 bits per heavy atom. The summed E-state index contributed by atoms with van der Waals surface area (Å²) in [6, 6.07) is 9.74. The van der Waals surface area contributed by atoms with Gasteiger partial charge < -0.3 is 5.32 Å². The van der Waals surface area contributed by atoms with E-state index in [1.165, 1.54) is 0 Å². The molecule has 2 heterocycles. The van der Waals surface area contributed by atoms with Gasteiger partial charge in [-0.15, -0.1) is 0 Å². The summed E-state index contributed by atoms with van der Waals surface area (Å²) >= 11 is 0. The summed E-state index contributed by atoms with van der Waals surface area (Å²) in [5.74, 6) is -0.0775. The monoisotopic (exact) mass is 351 g/mol. The number of hydrogen-bond donors (Lipinski definition) is 1. The highest BCUT2D eigenvalue weighted by atomic mass is 16.1. The van der Waals surface area contributed by atoms with Gasteiger partial charge in [0, 0.05) is 36.1 Å². The highest BCUT2D eigenvalue weighted by Crippen LogP contribution is 2.10. The average Bonchev–Trinajstić information content (AvgIpc) is 3.14. The fraction of sp³-hybridized carbons (Fsp3) is 0.350. The van der Waals surface area contributed by atoms with Gasteiger partial charge in [0.25, 0.3) is 5.91 Å². The summed E-state index contributed by atoms with van der Waals surface area (Å²) in [5, 5.41) is 11.8. The molecule has 1 N–H and O–H groups in total. The van der Waals surface area contributed by atoms with Crippen LogP contribution in [0.15, 0.2) is 36.5 Å². The molecule has 0 atom stereocenters. The van der Waals surface area contributed by atoms with Gasteiger partial charge in [-0.3, -0.25) is 14.2 Å². The molecule has 1 aromatic carbocycles. The van der Waals surface area contributed by atoms with Crippen LogP contribution in [0, 0.1) is 20.8 Å². The van der Waals surface area contributed by atoms with Crippen molar-refractivity contribution < 1.29 is 4.79 Å². The van der Waals surface area contributed by atoms with Gasteiger partial charge in [-0.1, -0.05) is 12.1 Å². The number of benzene rings is 1. The van der Waals surface area contributed by atoms with E-state index < -0.39 is 0 Å². The number of aryl methyl sites for hydroxylation is 4. The van der Waals surface area contributed by atoms with Gasteiger partial charge in [-0.05, 0) is 51.5 Å². The third-order valence-corrected chi connectivity index (χ3v) is 4.46. The lowest BCUT2D eigenvalue weighted by molar-refractivity contribution is 0.0951. The number of carbonyl (C=O) groups excluding carboxylic acids is 1. The van der Waals surface area contributed by atoms with Gasteiger partial charge in [0.15, 0.2) is 0 Å². The van der Waals surface area contributed by atoms with E-state index in [1.54, 1.807) is 0 Å². The molecule has 3 aromatic rings. The molecule has 136 valence electrons. The first-order valence-electron chi connectivity index (χ1n) is 8.87. The van der Waals surface area contributed by atoms with Gasteiger partial charge in [-0.2, -0.15) is 10.2 Å². The Hall–Kier alpha value is -2.89. The third kappa shape index (κ3) is 4.02. The molecular formula is C20H25N5O. The van der Waals surface area contributed by atoms with Crippen LogP contribution in [0.25, 0.3) is 0 Å².